The molecule has 6 heteroatoms. The van der Waals surface area contributed by atoms with Gasteiger partial charge in [-0.25, -0.2) is 9.18 Å². The lowest BCUT2D eigenvalue weighted by atomic mass is 10.1. The second kappa shape index (κ2) is 4.31. The van der Waals surface area contributed by atoms with Gasteiger partial charge in [-0.15, -0.1) is 0 Å². The van der Waals surface area contributed by atoms with Gasteiger partial charge in [0.15, 0.2) is 5.82 Å². The van der Waals surface area contributed by atoms with Crippen LogP contribution in [0.5, 0.6) is 0 Å². The quantitative estimate of drug-likeness (QED) is 0.705. The fourth-order valence-electron chi connectivity index (χ4n) is 2.01. The molecule has 2 aromatic heterocycles. The number of nitrogens with zero attached hydrogens (tertiary/aromatic N) is 3. The minimum absolute atomic E-state index is 0.252. The summed E-state index contributed by atoms with van der Waals surface area (Å²) in [6, 6.07) is 6.31. The maximum atomic E-state index is 13.7. The van der Waals surface area contributed by atoms with Crippen LogP contribution < -0.4 is 5.76 Å². The maximum Gasteiger partial charge on any atom is 0.441 e. The number of pyridine rings is 1. The molecule has 0 N–H and O–H groups in total. The van der Waals surface area contributed by atoms with Crippen molar-refractivity contribution in [1.29, 1.82) is 0 Å². The lowest BCUT2D eigenvalue weighted by molar-refractivity contribution is 0.376. The highest BCUT2D eigenvalue weighted by Gasteiger charge is 2.11. The first-order chi connectivity index (χ1) is 9.16. The minimum Gasteiger partial charge on any atom is -0.296 e. The van der Waals surface area contributed by atoms with E-state index in [0.717, 1.165) is 5.56 Å². The Balaban J connectivity index is 2.17. The van der Waals surface area contributed by atoms with Gasteiger partial charge in [-0.2, -0.15) is 0 Å². The number of rotatable bonds is 2. The summed E-state index contributed by atoms with van der Waals surface area (Å²) >= 11 is 0. The summed E-state index contributed by atoms with van der Waals surface area (Å²) < 4.78 is 19.6. The summed E-state index contributed by atoms with van der Waals surface area (Å²) in [6.07, 6.45) is 1.59. The fraction of sp³-hybridized carbons (Fsp3) is 0.154. The Morgan fingerprint density at radius 3 is 2.95 bits per heavy atom. The van der Waals surface area contributed by atoms with E-state index in [1.165, 1.54) is 10.6 Å². The molecule has 0 fully saturated rings. The van der Waals surface area contributed by atoms with Gasteiger partial charge in [0.25, 0.3) is 0 Å². The van der Waals surface area contributed by atoms with Crippen LogP contribution >= 0.6 is 0 Å². The van der Waals surface area contributed by atoms with Gasteiger partial charge in [0.2, 0.25) is 0 Å². The van der Waals surface area contributed by atoms with Gasteiger partial charge in [-0.1, -0.05) is 11.2 Å². The summed E-state index contributed by atoms with van der Waals surface area (Å²) in [5, 5.41) is 4.02. The fourth-order valence-corrected chi connectivity index (χ4v) is 2.01. The summed E-state index contributed by atoms with van der Waals surface area (Å²) in [5.74, 6) is -0.398. The van der Waals surface area contributed by atoms with Crippen molar-refractivity contribution in [3.63, 3.8) is 0 Å². The Kier molecular flexibility index (Phi) is 2.63. The van der Waals surface area contributed by atoms with E-state index in [9.17, 15) is 9.18 Å². The second-order valence-corrected chi connectivity index (χ2v) is 4.19. The molecule has 0 saturated heterocycles. The van der Waals surface area contributed by atoms with Crippen LogP contribution in [0.3, 0.4) is 0 Å². The van der Waals surface area contributed by atoms with Crippen molar-refractivity contribution in [2.24, 2.45) is 0 Å². The van der Waals surface area contributed by atoms with Crippen molar-refractivity contribution in [3.05, 3.63) is 58.2 Å². The molecule has 3 rings (SSSR count). The molecule has 0 amide bonds. The molecule has 2 heterocycles. The molecule has 0 spiro atoms. The van der Waals surface area contributed by atoms with E-state index in [1.54, 1.807) is 31.3 Å². The summed E-state index contributed by atoms with van der Waals surface area (Å²) in [5.41, 5.74) is 1.28. The highest BCUT2D eigenvalue weighted by Crippen LogP contribution is 2.20. The first-order valence-corrected chi connectivity index (χ1v) is 5.72. The molecule has 0 radical (unpaired) electrons. The summed E-state index contributed by atoms with van der Waals surface area (Å²) in [7, 11) is 0. The monoisotopic (exact) mass is 259 g/mol. The number of benzene rings is 1. The number of aromatic nitrogens is 3. The van der Waals surface area contributed by atoms with Crippen LogP contribution in [0.15, 0.2) is 39.8 Å². The van der Waals surface area contributed by atoms with E-state index in [1.807, 2.05) is 0 Å². The number of aryl methyl sites for hydroxylation is 1. The number of hydrogen-bond donors (Lipinski definition) is 0. The molecular formula is C13H10FN3O2. The van der Waals surface area contributed by atoms with Gasteiger partial charge in [0, 0.05) is 11.6 Å². The highest BCUT2D eigenvalue weighted by molar-refractivity contribution is 5.82. The van der Waals surface area contributed by atoms with Crippen molar-refractivity contribution in [3.8, 4) is 0 Å². The lowest BCUT2D eigenvalue weighted by Crippen LogP contribution is -2.16. The van der Waals surface area contributed by atoms with Gasteiger partial charge >= 0.3 is 5.76 Å². The normalized spacial score (nSPS) is 11.1. The SMILES string of the molecule is Cc1noc(=O)n1Cc1ccc(F)c2cccnc12. The largest absolute Gasteiger partial charge is 0.441 e. The zero-order chi connectivity index (χ0) is 13.4. The predicted octanol–water partition coefficient (Wildman–Crippen LogP) is 1.88. The van der Waals surface area contributed by atoms with E-state index in [2.05, 4.69) is 14.7 Å². The molecule has 0 bridgehead atoms. The van der Waals surface area contributed by atoms with Crippen LogP contribution in [0.1, 0.15) is 11.4 Å². The average Bonchev–Trinajstić information content (AvgIpc) is 2.74. The van der Waals surface area contributed by atoms with Crippen LogP contribution in [0.2, 0.25) is 0 Å². The van der Waals surface area contributed by atoms with Gasteiger partial charge in [0.1, 0.15) is 5.82 Å². The Morgan fingerprint density at radius 2 is 2.21 bits per heavy atom. The molecule has 0 aliphatic carbocycles. The molecule has 0 unspecified atom stereocenters. The third-order valence-electron chi connectivity index (χ3n) is 3.00. The van der Waals surface area contributed by atoms with Crippen molar-refractivity contribution in [1.82, 2.24) is 14.7 Å². The van der Waals surface area contributed by atoms with Crippen LogP contribution in [0.4, 0.5) is 4.39 Å². The van der Waals surface area contributed by atoms with Crippen LogP contribution in [0, 0.1) is 12.7 Å². The lowest BCUT2D eigenvalue weighted by Gasteiger charge is -2.06. The molecular weight excluding hydrogens is 249 g/mol. The summed E-state index contributed by atoms with van der Waals surface area (Å²) in [6.45, 7) is 1.92. The van der Waals surface area contributed by atoms with Crippen molar-refractivity contribution >= 4 is 10.9 Å². The van der Waals surface area contributed by atoms with Crippen LogP contribution in [-0.4, -0.2) is 14.7 Å². The zero-order valence-electron chi connectivity index (χ0n) is 10.1. The standard InChI is InChI=1S/C13H10FN3O2/c1-8-16-19-13(18)17(8)7-9-4-5-11(14)10-3-2-6-15-12(9)10/h2-6H,7H2,1H3. The topological polar surface area (TPSA) is 60.9 Å². The smallest absolute Gasteiger partial charge is 0.296 e. The second-order valence-electron chi connectivity index (χ2n) is 4.19. The molecule has 1 aromatic carbocycles. The van der Waals surface area contributed by atoms with E-state index in [0.29, 0.717) is 16.7 Å². The number of hydrogen-bond acceptors (Lipinski definition) is 4. The van der Waals surface area contributed by atoms with Gasteiger partial charge in [-0.3, -0.25) is 14.1 Å². The number of halogens is 1. The Morgan fingerprint density at radius 1 is 1.37 bits per heavy atom. The predicted molar refractivity (Wildman–Crippen MR) is 66.3 cm³/mol. The van der Waals surface area contributed by atoms with Crippen molar-refractivity contribution in [2.75, 3.05) is 0 Å². The average molecular weight is 259 g/mol. The molecule has 5 nitrogen and oxygen atoms in total. The number of fused-ring (bicyclic) bond motifs is 1. The van der Waals surface area contributed by atoms with E-state index in [4.69, 9.17) is 0 Å². The minimum atomic E-state index is -0.536. The molecule has 19 heavy (non-hydrogen) atoms. The Hall–Kier alpha value is -2.50. The van der Waals surface area contributed by atoms with Crippen molar-refractivity contribution < 1.29 is 8.91 Å². The molecule has 0 aliphatic rings. The maximum absolute atomic E-state index is 13.7. The summed E-state index contributed by atoms with van der Waals surface area (Å²) in [4.78, 5) is 15.7. The van der Waals surface area contributed by atoms with Gasteiger partial charge in [-0.05, 0) is 30.7 Å². The third kappa shape index (κ3) is 1.91. The Labute approximate surface area is 107 Å². The molecule has 0 aliphatic heterocycles. The highest BCUT2D eigenvalue weighted by atomic mass is 19.1. The van der Waals surface area contributed by atoms with E-state index >= 15 is 0 Å². The van der Waals surface area contributed by atoms with Crippen LogP contribution in [-0.2, 0) is 6.54 Å². The molecule has 0 saturated carbocycles. The molecule has 0 atom stereocenters. The van der Waals surface area contributed by atoms with Crippen LogP contribution in [0.25, 0.3) is 10.9 Å². The van der Waals surface area contributed by atoms with Crippen molar-refractivity contribution in [2.45, 2.75) is 13.5 Å². The van der Waals surface area contributed by atoms with Gasteiger partial charge < -0.3 is 0 Å². The Bertz CT molecular complexity index is 807. The third-order valence-corrected chi connectivity index (χ3v) is 3.00. The molecule has 3 aromatic rings. The molecule has 96 valence electrons. The first-order valence-electron chi connectivity index (χ1n) is 5.72. The van der Waals surface area contributed by atoms with Gasteiger partial charge in [0.05, 0.1) is 12.1 Å². The van der Waals surface area contributed by atoms with E-state index in [-0.39, 0.29) is 12.4 Å². The van der Waals surface area contributed by atoms with E-state index < -0.39 is 5.76 Å². The zero-order valence-corrected chi connectivity index (χ0v) is 10.1. The first kappa shape index (κ1) is 11.6.